The molecule has 4 nitrogen and oxygen atoms in total. The Morgan fingerprint density at radius 1 is 1.08 bits per heavy atom. The average Bonchev–Trinajstić information content (AvgIpc) is 2.89. The molecule has 0 N–H and O–H groups in total. The van der Waals surface area contributed by atoms with E-state index in [4.69, 9.17) is 11.6 Å². The number of hydrogen-bond acceptors (Lipinski definition) is 3. The van der Waals surface area contributed by atoms with Gasteiger partial charge in [0.1, 0.15) is 11.0 Å². The Labute approximate surface area is 147 Å². The van der Waals surface area contributed by atoms with Gasteiger partial charge < -0.3 is 0 Å². The summed E-state index contributed by atoms with van der Waals surface area (Å²) in [6, 6.07) is 5.43. The van der Waals surface area contributed by atoms with Crippen molar-refractivity contribution in [2.75, 3.05) is 0 Å². The maximum absolute atomic E-state index is 13.2. The molecule has 8 heteroatoms. The molecule has 2 aromatic heterocycles. The molecular weight excluding hydrogens is 353 g/mol. The fourth-order valence-electron chi connectivity index (χ4n) is 2.47. The summed E-state index contributed by atoms with van der Waals surface area (Å²) < 4.78 is 41.0. The molecule has 0 aliphatic carbocycles. The van der Waals surface area contributed by atoms with Crippen molar-refractivity contribution in [3.63, 3.8) is 0 Å². The van der Waals surface area contributed by atoms with Crippen molar-refractivity contribution in [1.82, 2.24) is 19.7 Å². The van der Waals surface area contributed by atoms with Crippen molar-refractivity contribution in [3.05, 3.63) is 52.6 Å². The number of nitrogens with zero attached hydrogens (tertiary/aromatic N) is 4. The molecule has 132 valence electrons. The average molecular weight is 369 g/mol. The van der Waals surface area contributed by atoms with Gasteiger partial charge in [0.2, 0.25) is 0 Å². The Bertz CT molecular complexity index is 926. The number of hydrogen-bond donors (Lipinski definition) is 0. The van der Waals surface area contributed by atoms with Crippen LogP contribution in [-0.2, 0) is 18.1 Å². The highest BCUT2D eigenvalue weighted by atomic mass is 35.5. The van der Waals surface area contributed by atoms with E-state index in [0.717, 1.165) is 6.07 Å². The second-order valence-corrected chi connectivity index (χ2v) is 7.14. The van der Waals surface area contributed by atoms with Crippen LogP contribution in [-0.4, -0.2) is 19.7 Å². The zero-order valence-corrected chi connectivity index (χ0v) is 14.7. The van der Waals surface area contributed by atoms with E-state index in [2.05, 4.69) is 15.1 Å². The molecule has 0 aliphatic rings. The van der Waals surface area contributed by atoms with E-state index in [1.165, 1.54) is 23.0 Å². The number of benzene rings is 1. The third-order valence-corrected chi connectivity index (χ3v) is 4.05. The lowest BCUT2D eigenvalue weighted by Crippen LogP contribution is -2.17. The molecule has 0 unspecified atom stereocenters. The number of rotatable bonds is 2. The normalized spacial score (nSPS) is 12.8. The van der Waals surface area contributed by atoms with Crippen LogP contribution < -0.4 is 0 Å². The Morgan fingerprint density at radius 2 is 1.76 bits per heavy atom. The highest BCUT2D eigenvalue weighted by Gasteiger charge is 2.33. The van der Waals surface area contributed by atoms with Gasteiger partial charge in [-0.1, -0.05) is 50.6 Å². The summed E-state index contributed by atoms with van der Waals surface area (Å²) in [5.74, 6) is 0.510. The Kier molecular flexibility index (Phi) is 4.23. The zero-order valence-electron chi connectivity index (χ0n) is 13.9. The molecule has 1 aromatic carbocycles. The third kappa shape index (κ3) is 3.46. The largest absolute Gasteiger partial charge is 0.416 e. The summed E-state index contributed by atoms with van der Waals surface area (Å²) in [7, 11) is 0. The number of aromatic nitrogens is 4. The Hall–Kier alpha value is -2.15. The third-order valence-electron chi connectivity index (χ3n) is 3.76. The lowest BCUT2D eigenvalue weighted by atomic mass is 9.96. The molecule has 0 atom stereocenters. The van der Waals surface area contributed by atoms with Crippen LogP contribution >= 0.6 is 11.6 Å². The van der Waals surface area contributed by atoms with Crippen LogP contribution in [0.1, 0.15) is 37.7 Å². The molecule has 3 aromatic rings. The minimum absolute atomic E-state index is 0.0594. The van der Waals surface area contributed by atoms with Crippen molar-refractivity contribution in [2.24, 2.45) is 0 Å². The predicted molar refractivity (Wildman–Crippen MR) is 89.6 cm³/mol. The van der Waals surface area contributed by atoms with Crippen LogP contribution in [0.3, 0.4) is 0 Å². The fraction of sp³-hybridized carbons (Fsp3) is 0.353. The van der Waals surface area contributed by atoms with Gasteiger partial charge in [-0.05, 0) is 11.6 Å². The van der Waals surface area contributed by atoms with Crippen molar-refractivity contribution in [1.29, 1.82) is 0 Å². The van der Waals surface area contributed by atoms with E-state index >= 15 is 0 Å². The van der Waals surface area contributed by atoms with Crippen LogP contribution in [0.5, 0.6) is 0 Å². The molecule has 0 saturated carbocycles. The van der Waals surface area contributed by atoms with Crippen molar-refractivity contribution in [2.45, 2.75) is 38.9 Å². The van der Waals surface area contributed by atoms with Crippen LogP contribution in [0.15, 0.2) is 30.5 Å². The molecule has 0 spiro atoms. The van der Waals surface area contributed by atoms with Gasteiger partial charge in [0.25, 0.3) is 0 Å². The first-order valence-corrected chi connectivity index (χ1v) is 8.00. The van der Waals surface area contributed by atoms with Gasteiger partial charge >= 0.3 is 6.18 Å². The first-order valence-electron chi connectivity index (χ1n) is 7.62. The minimum Gasteiger partial charge on any atom is -0.243 e. The molecular formula is C17H16ClF3N4. The standard InChI is InChI=1S/C17H16ClF3N4/c1-16(2,3)15-23-13(18)11-8-22-25(14(11)24-15)9-10-6-4-5-7-12(10)17(19,20)21/h4-8H,9H2,1-3H3. The van der Waals surface area contributed by atoms with Crippen molar-refractivity contribution < 1.29 is 13.2 Å². The fourth-order valence-corrected chi connectivity index (χ4v) is 2.68. The van der Waals surface area contributed by atoms with E-state index in [-0.39, 0.29) is 22.7 Å². The van der Waals surface area contributed by atoms with Crippen LogP contribution in [0.4, 0.5) is 13.2 Å². The molecule has 25 heavy (non-hydrogen) atoms. The molecule has 0 radical (unpaired) electrons. The second-order valence-electron chi connectivity index (χ2n) is 6.78. The summed E-state index contributed by atoms with van der Waals surface area (Å²) in [5, 5.41) is 4.91. The molecule has 2 heterocycles. The maximum Gasteiger partial charge on any atom is 0.416 e. The molecule has 3 rings (SSSR count). The highest BCUT2D eigenvalue weighted by Crippen LogP contribution is 2.33. The number of halogens is 4. The van der Waals surface area contributed by atoms with Crippen LogP contribution in [0.25, 0.3) is 11.0 Å². The minimum atomic E-state index is -4.43. The topological polar surface area (TPSA) is 43.6 Å². The second kappa shape index (κ2) is 5.98. The van der Waals surface area contributed by atoms with Gasteiger partial charge in [-0.3, -0.25) is 0 Å². The van der Waals surface area contributed by atoms with Gasteiger partial charge in [0, 0.05) is 5.41 Å². The highest BCUT2D eigenvalue weighted by molar-refractivity contribution is 6.33. The molecule has 0 amide bonds. The lowest BCUT2D eigenvalue weighted by Gasteiger charge is -2.17. The first-order chi connectivity index (χ1) is 11.6. The summed E-state index contributed by atoms with van der Waals surface area (Å²) in [6.07, 6.45) is -2.96. The van der Waals surface area contributed by atoms with Crippen LogP contribution in [0, 0.1) is 0 Å². The molecule has 0 saturated heterocycles. The predicted octanol–water partition coefficient (Wildman–Crippen LogP) is 4.84. The van der Waals surface area contributed by atoms with Crippen LogP contribution in [0.2, 0.25) is 5.15 Å². The SMILES string of the molecule is CC(C)(C)c1nc(Cl)c2cnn(Cc3ccccc3C(F)(F)F)c2n1. The van der Waals surface area contributed by atoms with Gasteiger partial charge in [-0.2, -0.15) is 18.3 Å². The molecule has 0 aliphatic heterocycles. The quantitative estimate of drug-likeness (QED) is 0.608. The van der Waals surface area contributed by atoms with Gasteiger partial charge in [-0.15, -0.1) is 0 Å². The van der Waals surface area contributed by atoms with Gasteiger partial charge in [0.05, 0.1) is 23.7 Å². The monoisotopic (exact) mass is 368 g/mol. The van der Waals surface area contributed by atoms with E-state index < -0.39 is 11.7 Å². The Balaban J connectivity index is 2.11. The maximum atomic E-state index is 13.2. The lowest BCUT2D eigenvalue weighted by molar-refractivity contribution is -0.138. The van der Waals surface area contributed by atoms with Gasteiger partial charge in [-0.25, -0.2) is 14.6 Å². The molecule has 0 bridgehead atoms. The smallest absolute Gasteiger partial charge is 0.243 e. The summed E-state index contributed by atoms with van der Waals surface area (Å²) >= 11 is 6.20. The Morgan fingerprint density at radius 3 is 2.40 bits per heavy atom. The summed E-state index contributed by atoms with van der Waals surface area (Å²) in [4.78, 5) is 8.75. The first kappa shape index (κ1) is 17.7. The summed E-state index contributed by atoms with van der Waals surface area (Å²) in [6.45, 7) is 5.74. The van der Waals surface area contributed by atoms with Crippen molar-refractivity contribution in [3.8, 4) is 0 Å². The molecule has 0 fully saturated rings. The van der Waals surface area contributed by atoms with E-state index in [1.54, 1.807) is 6.07 Å². The van der Waals surface area contributed by atoms with E-state index in [1.807, 2.05) is 20.8 Å². The number of fused-ring (bicyclic) bond motifs is 1. The van der Waals surface area contributed by atoms with Crippen molar-refractivity contribution >= 4 is 22.6 Å². The van der Waals surface area contributed by atoms with Gasteiger partial charge in [0.15, 0.2) is 5.65 Å². The number of alkyl halides is 3. The summed E-state index contributed by atoms with van der Waals surface area (Å²) in [5.41, 5.74) is -0.500. The zero-order chi connectivity index (χ0) is 18.4. The van der Waals surface area contributed by atoms with E-state index in [9.17, 15) is 13.2 Å². The van der Waals surface area contributed by atoms with E-state index in [0.29, 0.717) is 16.9 Å².